The molecule has 3 heterocycles. The fraction of sp³-hybridized carbons (Fsp3) is 0.143. The van der Waals surface area contributed by atoms with Crippen molar-refractivity contribution in [1.82, 2.24) is 19.9 Å². The summed E-state index contributed by atoms with van der Waals surface area (Å²) in [6.45, 7) is 0.637. The third kappa shape index (κ3) is 3.39. The molecule has 0 bridgehead atoms. The third-order valence-corrected chi connectivity index (χ3v) is 3.75. The van der Waals surface area contributed by atoms with Crippen molar-refractivity contribution in [1.29, 1.82) is 0 Å². The number of aliphatic hydroxyl groups is 1. The number of hydrogen-bond donors (Lipinski definition) is 2. The minimum atomic E-state index is 0.00254. The highest BCUT2D eigenvalue weighted by molar-refractivity contribution is 7.14. The second kappa shape index (κ2) is 6.38. The van der Waals surface area contributed by atoms with Crippen LogP contribution in [0.4, 0.5) is 5.82 Å². The average Bonchev–Trinajstić information content (AvgIpc) is 3.03. The number of nitrogens with zero attached hydrogens (tertiary/aromatic N) is 4. The number of nitrogens with one attached hydrogen (secondary N) is 1. The van der Waals surface area contributed by atoms with Gasteiger partial charge in [0.05, 0.1) is 13.2 Å². The molecule has 7 heteroatoms. The Hall–Kier alpha value is -2.38. The van der Waals surface area contributed by atoms with Crippen LogP contribution >= 0.6 is 11.3 Å². The summed E-state index contributed by atoms with van der Waals surface area (Å²) in [5, 5.41) is 13.0. The first kappa shape index (κ1) is 13.6. The first-order chi connectivity index (χ1) is 10.3. The Kier molecular flexibility index (Phi) is 4.13. The number of thiazole rings is 1. The predicted octanol–water partition coefficient (Wildman–Crippen LogP) is 2.10. The normalized spacial score (nSPS) is 10.5. The third-order valence-electron chi connectivity index (χ3n) is 2.76. The Morgan fingerprint density at radius 3 is 2.62 bits per heavy atom. The van der Waals surface area contributed by atoms with Crippen LogP contribution in [0, 0.1) is 0 Å². The van der Waals surface area contributed by atoms with Gasteiger partial charge in [-0.1, -0.05) is 6.07 Å². The maximum Gasteiger partial charge on any atom is 0.188 e. The molecule has 6 nitrogen and oxygen atoms in total. The lowest BCUT2D eigenvalue weighted by Crippen LogP contribution is -1.99. The first-order valence-corrected chi connectivity index (χ1v) is 7.18. The van der Waals surface area contributed by atoms with Crippen molar-refractivity contribution in [3.05, 3.63) is 53.4 Å². The molecular weight excluding hydrogens is 286 g/mol. The molecule has 106 valence electrons. The largest absolute Gasteiger partial charge is 0.392 e. The summed E-state index contributed by atoms with van der Waals surface area (Å²) >= 11 is 1.55. The molecule has 3 aromatic heterocycles. The zero-order valence-corrected chi connectivity index (χ0v) is 11.9. The van der Waals surface area contributed by atoms with Gasteiger partial charge in [-0.25, -0.2) is 19.9 Å². The summed E-state index contributed by atoms with van der Waals surface area (Å²) < 4.78 is 0. The molecule has 0 spiro atoms. The molecule has 3 aromatic rings. The highest BCUT2D eigenvalue weighted by atomic mass is 32.1. The van der Waals surface area contributed by atoms with Crippen molar-refractivity contribution in [2.24, 2.45) is 0 Å². The van der Waals surface area contributed by atoms with Gasteiger partial charge in [0.25, 0.3) is 0 Å². The van der Waals surface area contributed by atoms with E-state index in [2.05, 4.69) is 25.3 Å². The van der Waals surface area contributed by atoms with E-state index in [9.17, 15) is 0 Å². The van der Waals surface area contributed by atoms with Gasteiger partial charge >= 0.3 is 0 Å². The molecule has 2 N–H and O–H groups in total. The lowest BCUT2D eigenvalue weighted by Gasteiger charge is -2.03. The molecule has 0 aliphatic rings. The van der Waals surface area contributed by atoms with Crippen molar-refractivity contribution in [2.75, 3.05) is 5.32 Å². The zero-order chi connectivity index (χ0) is 14.5. The molecule has 0 aliphatic carbocycles. The second-order valence-electron chi connectivity index (χ2n) is 4.27. The average molecular weight is 299 g/mol. The minimum absolute atomic E-state index is 0.00254. The molecule has 0 amide bonds. The van der Waals surface area contributed by atoms with E-state index in [-0.39, 0.29) is 6.61 Å². The predicted molar refractivity (Wildman–Crippen MR) is 80.6 cm³/mol. The van der Waals surface area contributed by atoms with Gasteiger partial charge in [-0.2, -0.15) is 0 Å². The van der Waals surface area contributed by atoms with E-state index in [0.29, 0.717) is 12.4 Å². The molecule has 21 heavy (non-hydrogen) atoms. The fourth-order valence-electron chi connectivity index (χ4n) is 1.70. The molecule has 3 rings (SSSR count). The van der Waals surface area contributed by atoms with Crippen LogP contribution in [0.1, 0.15) is 10.4 Å². The van der Waals surface area contributed by atoms with E-state index in [1.165, 1.54) is 0 Å². The van der Waals surface area contributed by atoms with Crippen LogP contribution in [0.5, 0.6) is 0 Å². The summed E-state index contributed by atoms with van der Waals surface area (Å²) in [5.74, 6) is 1.40. The molecule has 0 fully saturated rings. The molecular formula is C14H13N5OS. The summed E-state index contributed by atoms with van der Waals surface area (Å²) in [7, 11) is 0. The first-order valence-electron chi connectivity index (χ1n) is 6.37. The molecule has 0 unspecified atom stereocenters. The zero-order valence-electron chi connectivity index (χ0n) is 11.1. The fourth-order valence-corrected chi connectivity index (χ4v) is 2.50. The lowest BCUT2D eigenvalue weighted by molar-refractivity contribution is 0.281. The van der Waals surface area contributed by atoms with E-state index in [0.717, 1.165) is 21.3 Å². The number of aliphatic hydroxyl groups excluding tert-OH is 1. The molecule has 0 radical (unpaired) electrons. The van der Waals surface area contributed by atoms with Gasteiger partial charge in [-0.15, -0.1) is 11.3 Å². The van der Waals surface area contributed by atoms with Gasteiger partial charge in [0.2, 0.25) is 0 Å². The summed E-state index contributed by atoms with van der Waals surface area (Å²) in [4.78, 5) is 18.0. The van der Waals surface area contributed by atoms with E-state index in [1.807, 2.05) is 18.3 Å². The maximum atomic E-state index is 8.97. The van der Waals surface area contributed by atoms with Crippen LogP contribution in [0.2, 0.25) is 0 Å². The monoisotopic (exact) mass is 299 g/mol. The van der Waals surface area contributed by atoms with E-state index < -0.39 is 0 Å². The van der Waals surface area contributed by atoms with Crippen molar-refractivity contribution in [3.8, 4) is 10.8 Å². The smallest absolute Gasteiger partial charge is 0.188 e. The standard InChI is InChI=1S/C14H13N5OS/c20-9-10-2-3-12(17-6-10)18-7-11-8-19-14(21-11)13-15-4-1-5-16-13/h1-6,8,20H,7,9H2,(H,17,18). The lowest BCUT2D eigenvalue weighted by atomic mass is 10.3. The molecule has 0 atom stereocenters. The summed E-state index contributed by atoms with van der Waals surface area (Å²) in [5.41, 5.74) is 0.793. The van der Waals surface area contributed by atoms with Crippen LogP contribution < -0.4 is 5.32 Å². The van der Waals surface area contributed by atoms with Crippen LogP contribution in [-0.4, -0.2) is 25.0 Å². The Labute approximate surface area is 125 Å². The van der Waals surface area contributed by atoms with Gasteiger partial charge in [0, 0.05) is 29.7 Å². The van der Waals surface area contributed by atoms with Gasteiger partial charge < -0.3 is 10.4 Å². The molecule has 0 aromatic carbocycles. The van der Waals surface area contributed by atoms with E-state index in [4.69, 9.17) is 5.11 Å². The Balaban J connectivity index is 1.64. The minimum Gasteiger partial charge on any atom is -0.392 e. The molecule has 0 aliphatic heterocycles. The van der Waals surface area contributed by atoms with Gasteiger partial charge in [-0.05, 0) is 17.7 Å². The Bertz CT molecular complexity index is 699. The highest BCUT2D eigenvalue weighted by Crippen LogP contribution is 2.22. The van der Waals surface area contributed by atoms with Crippen LogP contribution in [0.25, 0.3) is 10.8 Å². The van der Waals surface area contributed by atoms with E-state index >= 15 is 0 Å². The Morgan fingerprint density at radius 2 is 1.90 bits per heavy atom. The number of anilines is 1. The number of aromatic nitrogens is 4. The maximum absolute atomic E-state index is 8.97. The number of pyridine rings is 1. The van der Waals surface area contributed by atoms with E-state index in [1.54, 1.807) is 36.0 Å². The number of rotatable bonds is 5. The van der Waals surface area contributed by atoms with Crippen molar-refractivity contribution in [2.45, 2.75) is 13.2 Å². The Morgan fingerprint density at radius 1 is 1.05 bits per heavy atom. The molecule has 0 saturated heterocycles. The summed E-state index contributed by atoms with van der Waals surface area (Å²) in [6, 6.07) is 5.46. The van der Waals surface area contributed by atoms with Gasteiger partial charge in [-0.3, -0.25) is 0 Å². The SMILES string of the molecule is OCc1ccc(NCc2cnc(-c3ncccn3)s2)nc1. The van der Waals surface area contributed by atoms with Gasteiger partial charge in [0.1, 0.15) is 5.82 Å². The topological polar surface area (TPSA) is 83.8 Å². The highest BCUT2D eigenvalue weighted by Gasteiger charge is 2.06. The van der Waals surface area contributed by atoms with Crippen LogP contribution in [-0.2, 0) is 13.2 Å². The van der Waals surface area contributed by atoms with Crippen molar-refractivity contribution < 1.29 is 5.11 Å². The summed E-state index contributed by atoms with van der Waals surface area (Å²) in [6.07, 6.45) is 6.87. The number of hydrogen-bond acceptors (Lipinski definition) is 7. The quantitative estimate of drug-likeness (QED) is 0.750. The van der Waals surface area contributed by atoms with Crippen molar-refractivity contribution >= 4 is 17.2 Å². The van der Waals surface area contributed by atoms with Crippen LogP contribution in [0.15, 0.2) is 43.0 Å². The van der Waals surface area contributed by atoms with Crippen molar-refractivity contribution in [3.63, 3.8) is 0 Å². The van der Waals surface area contributed by atoms with Crippen LogP contribution in [0.3, 0.4) is 0 Å². The van der Waals surface area contributed by atoms with Gasteiger partial charge in [0.15, 0.2) is 10.8 Å². The molecule has 0 saturated carbocycles. The second-order valence-corrected chi connectivity index (χ2v) is 5.38.